The van der Waals surface area contributed by atoms with Crippen LogP contribution in [-0.4, -0.2) is 43.1 Å². The molecule has 3 aromatic rings. The second-order valence-corrected chi connectivity index (χ2v) is 6.00. The summed E-state index contributed by atoms with van der Waals surface area (Å²) in [5, 5.41) is 0. The fraction of sp³-hybridized carbons (Fsp3) is 0.211. The molecule has 24 heavy (non-hydrogen) atoms. The number of pyridine rings is 3. The monoisotopic (exact) mass is 319 g/mol. The Hall–Kier alpha value is -2.95. The second kappa shape index (κ2) is 6.66. The summed E-state index contributed by atoms with van der Waals surface area (Å²) in [4.78, 5) is 17.8. The molecule has 0 saturated heterocycles. The van der Waals surface area contributed by atoms with Crippen molar-refractivity contribution in [2.75, 3.05) is 38.0 Å². The third-order valence-electron chi connectivity index (χ3n) is 3.79. The van der Waals surface area contributed by atoms with Crippen molar-refractivity contribution in [3.05, 3.63) is 54.9 Å². The standard InChI is InChI=1S/C19H21N5/c1-23(2)14-8-10-20-18(12-14)16-6-5-7-17(22-16)19-13-15(24(3)4)9-11-21-19/h5-13H,1-4H3. The molecule has 0 radical (unpaired) electrons. The van der Waals surface area contributed by atoms with Crippen LogP contribution < -0.4 is 9.80 Å². The van der Waals surface area contributed by atoms with Crippen LogP contribution in [-0.2, 0) is 0 Å². The smallest absolute Gasteiger partial charge is 0.0907 e. The molecule has 0 fully saturated rings. The molecular weight excluding hydrogens is 298 g/mol. The Labute approximate surface area is 142 Å². The first-order valence-corrected chi connectivity index (χ1v) is 7.79. The number of aromatic nitrogens is 3. The fourth-order valence-electron chi connectivity index (χ4n) is 2.40. The maximum absolute atomic E-state index is 4.75. The van der Waals surface area contributed by atoms with Gasteiger partial charge in [0.1, 0.15) is 0 Å². The normalized spacial score (nSPS) is 10.5. The van der Waals surface area contributed by atoms with E-state index < -0.39 is 0 Å². The quantitative estimate of drug-likeness (QED) is 0.738. The predicted octanol–water partition coefficient (Wildman–Crippen LogP) is 3.34. The minimum Gasteiger partial charge on any atom is -0.378 e. The van der Waals surface area contributed by atoms with Crippen molar-refractivity contribution in [3.8, 4) is 22.8 Å². The van der Waals surface area contributed by atoms with Crippen molar-refractivity contribution in [2.45, 2.75) is 0 Å². The van der Waals surface area contributed by atoms with Crippen molar-refractivity contribution >= 4 is 11.4 Å². The van der Waals surface area contributed by atoms with Gasteiger partial charge in [0.15, 0.2) is 0 Å². The summed E-state index contributed by atoms with van der Waals surface area (Å²) >= 11 is 0. The van der Waals surface area contributed by atoms with Gasteiger partial charge in [-0.1, -0.05) is 6.07 Å². The highest BCUT2D eigenvalue weighted by Crippen LogP contribution is 2.24. The van der Waals surface area contributed by atoms with Gasteiger partial charge in [0.05, 0.1) is 22.8 Å². The van der Waals surface area contributed by atoms with E-state index in [0.717, 1.165) is 34.2 Å². The van der Waals surface area contributed by atoms with Gasteiger partial charge in [-0.05, 0) is 36.4 Å². The summed E-state index contributed by atoms with van der Waals surface area (Å²) in [6.45, 7) is 0. The van der Waals surface area contributed by atoms with Gasteiger partial charge in [0, 0.05) is 52.0 Å². The molecule has 5 heteroatoms. The molecule has 0 bridgehead atoms. The predicted molar refractivity (Wildman–Crippen MR) is 99.4 cm³/mol. The number of nitrogens with zero attached hydrogens (tertiary/aromatic N) is 5. The van der Waals surface area contributed by atoms with E-state index in [9.17, 15) is 0 Å². The molecule has 0 aliphatic heterocycles. The molecule has 5 nitrogen and oxygen atoms in total. The van der Waals surface area contributed by atoms with E-state index in [1.807, 2.05) is 83.0 Å². The van der Waals surface area contributed by atoms with Gasteiger partial charge in [0.25, 0.3) is 0 Å². The maximum Gasteiger partial charge on any atom is 0.0907 e. The molecule has 0 aliphatic rings. The number of hydrogen-bond donors (Lipinski definition) is 0. The molecule has 3 rings (SSSR count). The number of anilines is 2. The highest BCUT2D eigenvalue weighted by Gasteiger charge is 2.08. The molecule has 3 aromatic heterocycles. The lowest BCUT2D eigenvalue weighted by atomic mass is 10.2. The van der Waals surface area contributed by atoms with Crippen LogP contribution in [0.1, 0.15) is 0 Å². The topological polar surface area (TPSA) is 45.2 Å². The highest BCUT2D eigenvalue weighted by molar-refractivity contribution is 5.66. The summed E-state index contributed by atoms with van der Waals surface area (Å²) in [5.74, 6) is 0. The average Bonchev–Trinajstić information content (AvgIpc) is 2.62. The Bertz CT molecular complexity index is 776. The summed E-state index contributed by atoms with van der Waals surface area (Å²) in [6.07, 6.45) is 3.62. The largest absolute Gasteiger partial charge is 0.378 e. The van der Waals surface area contributed by atoms with Crippen LogP contribution in [0.3, 0.4) is 0 Å². The first-order chi connectivity index (χ1) is 11.5. The summed E-state index contributed by atoms with van der Waals surface area (Å²) in [6, 6.07) is 14.0. The van der Waals surface area contributed by atoms with Crippen LogP contribution >= 0.6 is 0 Å². The average molecular weight is 319 g/mol. The third-order valence-corrected chi connectivity index (χ3v) is 3.79. The minimum absolute atomic E-state index is 0.841. The highest BCUT2D eigenvalue weighted by atomic mass is 15.1. The van der Waals surface area contributed by atoms with Gasteiger partial charge in [-0.25, -0.2) is 4.98 Å². The van der Waals surface area contributed by atoms with Crippen LogP contribution in [0, 0.1) is 0 Å². The lowest BCUT2D eigenvalue weighted by molar-refractivity contribution is 1.11. The van der Waals surface area contributed by atoms with E-state index in [1.165, 1.54) is 0 Å². The van der Waals surface area contributed by atoms with Crippen molar-refractivity contribution in [1.29, 1.82) is 0 Å². The van der Waals surface area contributed by atoms with Crippen molar-refractivity contribution in [3.63, 3.8) is 0 Å². The molecule has 0 unspecified atom stereocenters. The molecule has 0 aliphatic carbocycles. The molecule has 0 N–H and O–H groups in total. The van der Waals surface area contributed by atoms with Gasteiger partial charge >= 0.3 is 0 Å². The minimum atomic E-state index is 0.841. The number of hydrogen-bond acceptors (Lipinski definition) is 5. The van der Waals surface area contributed by atoms with E-state index in [2.05, 4.69) is 19.8 Å². The van der Waals surface area contributed by atoms with Crippen LogP contribution in [0.2, 0.25) is 0 Å². The van der Waals surface area contributed by atoms with Crippen molar-refractivity contribution < 1.29 is 0 Å². The Morgan fingerprint density at radius 1 is 0.625 bits per heavy atom. The van der Waals surface area contributed by atoms with Crippen LogP contribution in [0.25, 0.3) is 22.8 Å². The van der Waals surface area contributed by atoms with Gasteiger partial charge in [-0.3, -0.25) is 9.97 Å². The van der Waals surface area contributed by atoms with E-state index in [0.29, 0.717) is 0 Å². The molecule has 0 spiro atoms. The Morgan fingerprint density at radius 2 is 1.08 bits per heavy atom. The number of rotatable bonds is 4. The summed E-state index contributed by atoms with van der Waals surface area (Å²) < 4.78 is 0. The molecule has 0 saturated carbocycles. The molecular formula is C19H21N5. The van der Waals surface area contributed by atoms with E-state index >= 15 is 0 Å². The van der Waals surface area contributed by atoms with Crippen LogP contribution in [0.15, 0.2) is 54.9 Å². The zero-order valence-electron chi connectivity index (χ0n) is 14.4. The van der Waals surface area contributed by atoms with Gasteiger partial charge in [0.2, 0.25) is 0 Å². The fourth-order valence-corrected chi connectivity index (χ4v) is 2.40. The molecule has 3 heterocycles. The lowest BCUT2D eigenvalue weighted by Gasteiger charge is -2.14. The zero-order valence-corrected chi connectivity index (χ0v) is 14.4. The summed E-state index contributed by atoms with van der Waals surface area (Å²) in [5.41, 5.74) is 5.58. The van der Waals surface area contributed by atoms with Gasteiger partial charge in [-0.15, -0.1) is 0 Å². The molecule has 0 aromatic carbocycles. The Morgan fingerprint density at radius 3 is 1.50 bits per heavy atom. The first-order valence-electron chi connectivity index (χ1n) is 7.79. The summed E-state index contributed by atoms with van der Waals surface area (Å²) in [7, 11) is 8.05. The maximum atomic E-state index is 4.75. The second-order valence-electron chi connectivity index (χ2n) is 6.00. The zero-order chi connectivity index (χ0) is 17.1. The van der Waals surface area contributed by atoms with E-state index in [4.69, 9.17) is 4.98 Å². The Balaban J connectivity index is 2.01. The van der Waals surface area contributed by atoms with Crippen LogP contribution in [0.4, 0.5) is 11.4 Å². The van der Waals surface area contributed by atoms with Gasteiger partial charge in [-0.2, -0.15) is 0 Å². The third kappa shape index (κ3) is 3.35. The van der Waals surface area contributed by atoms with E-state index in [1.54, 1.807) is 0 Å². The van der Waals surface area contributed by atoms with Crippen molar-refractivity contribution in [1.82, 2.24) is 15.0 Å². The van der Waals surface area contributed by atoms with E-state index in [-0.39, 0.29) is 0 Å². The Kier molecular flexibility index (Phi) is 4.42. The first kappa shape index (κ1) is 15.9. The lowest BCUT2D eigenvalue weighted by Crippen LogP contribution is -2.09. The van der Waals surface area contributed by atoms with Crippen LogP contribution in [0.5, 0.6) is 0 Å². The van der Waals surface area contributed by atoms with Crippen molar-refractivity contribution in [2.24, 2.45) is 0 Å². The molecule has 0 atom stereocenters. The van der Waals surface area contributed by atoms with Gasteiger partial charge < -0.3 is 9.80 Å². The molecule has 0 amide bonds. The molecule has 122 valence electrons. The SMILES string of the molecule is CN(C)c1ccnc(-c2cccc(-c3cc(N(C)C)ccn3)n2)c1.